The number of nitrogens with zero attached hydrogens (tertiary/aromatic N) is 1. The lowest BCUT2D eigenvalue weighted by Crippen LogP contribution is -1.97. The quantitative estimate of drug-likeness (QED) is 0.720. The molecular formula is C14H18BrN. The van der Waals surface area contributed by atoms with Gasteiger partial charge in [0.15, 0.2) is 0 Å². The maximum Gasteiger partial charge on any atom is 0.0486 e. The zero-order valence-corrected chi connectivity index (χ0v) is 11.9. The van der Waals surface area contributed by atoms with Crippen LogP contribution < -0.4 is 0 Å². The summed E-state index contributed by atoms with van der Waals surface area (Å²) in [7, 11) is 0. The smallest absolute Gasteiger partial charge is 0.0486 e. The van der Waals surface area contributed by atoms with Crippen LogP contribution in [0.15, 0.2) is 28.9 Å². The van der Waals surface area contributed by atoms with Gasteiger partial charge in [0.1, 0.15) is 0 Å². The van der Waals surface area contributed by atoms with Crippen molar-refractivity contribution in [1.82, 2.24) is 4.57 Å². The number of fused-ring (bicyclic) bond motifs is 1. The normalized spacial score (nSPS) is 11.9. The minimum Gasteiger partial charge on any atom is -0.345 e. The molecule has 0 amide bonds. The van der Waals surface area contributed by atoms with Gasteiger partial charge >= 0.3 is 0 Å². The van der Waals surface area contributed by atoms with Crippen molar-refractivity contribution in [3.8, 4) is 0 Å². The van der Waals surface area contributed by atoms with Crippen molar-refractivity contribution < 1.29 is 0 Å². The second-order valence-corrected chi connectivity index (χ2v) is 5.82. The van der Waals surface area contributed by atoms with Gasteiger partial charge in [0.05, 0.1) is 0 Å². The first kappa shape index (κ1) is 11.7. The number of benzene rings is 1. The molecule has 0 N–H and O–H groups in total. The van der Waals surface area contributed by atoms with Gasteiger partial charge in [-0.15, -0.1) is 0 Å². The van der Waals surface area contributed by atoms with Gasteiger partial charge in [-0.1, -0.05) is 29.8 Å². The fraction of sp³-hybridized carbons (Fsp3) is 0.429. The SMILES string of the molecule is CC(C)c1cn(C(C)C)c2ccc(Br)cc12. The van der Waals surface area contributed by atoms with Gasteiger partial charge in [-0.3, -0.25) is 0 Å². The van der Waals surface area contributed by atoms with Crippen LogP contribution in [-0.2, 0) is 0 Å². The lowest BCUT2D eigenvalue weighted by Gasteiger charge is -2.08. The maximum atomic E-state index is 3.55. The molecule has 0 bridgehead atoms. The van der Waals surface area contributed by atoms with Gasteiger partial charge < -0.3 is 4.57 Å². The Bertz CT molecular complexity index is 509. The Morgan fingerprint density at radius 1 is 1.12 bits per heavy atom. The van der Waals surface area contributed by atoms with Crippen molar-refractivity contribution in [2.24, 2.45) is 0 Å². The largest absolute Gasteiger partial charge is 0.345 e. The minimum absolute atomic E-state index is 0.510. The topological polar surface area (TPSA) is 4.93 Å². The van der Waals surface area contributed by atoms with Crippen LogP contribution in [0.4, 0.5) is 0 Å². The predicted molar refractivity (Wildman–Crippen MR) is 74.1 cm³/mol. The van der Waals surface area contributed by atoms with Gasteiger partial charge in [0, 0.05) is 27.6 Å². The molecule has 2 aromatic rings. The summed E-state index contributed by atoms with van der Waals surface area (Å²) in [6.07, 6.45) is 2.30. The number of rotatable bonds is 2. The zero-order chi connectivity index (χ0) is 11.9. The first-order chi connectivity index (χ1) is 7.50. The molecule has 2 rings (SSSR count). The van der Waals surface area contributed by atoms with Crippen LogP contribution >= 0.6 is 15.9 Å². The summed E-state index contributed by atoms with van der Waals surface area (Å²) in [5.74, 6) is 0.566. The number of aromatic nitrogens is 1. The molecule has 0 fully saturated rings. The van der Waals surface area contributed by atoms with Crippen molar-refractivity contribution in [2.45, 2.75) is 39.7 Å². The first-order valence-electron chi connectivity index (χ1n) is 5.80. The highest BCUT2D eigenvalue weighted by atomic mass is 79.9. The molecule has 0 radical (unpaired) electrons. The monoisotopic (exact) mass is 279 g/mol. The average Bonchev–Trinajstić information content (AvgIpc) is 2.56. The van der Waals surface area contributed by atoms with E-state index < -0.39 is 0 Å². The lowest BCUT2D eigenvalue weighted by molar-refractivity contribution is 0.619. The standard InChI is InChI=1S/C14H18BrN/c1-9(2)13-8-16(10(3)4)14-6-5-11(15)7-12(13)14/h5-10H,1-4H3. The van der Waals surface area contributed by atoms with Crippen molar-refractivity contribution in [3.05, 3.63) is 34.4 Å². The summed E-state index contributed by atoms with van der Waals surface area (Å²) in [4.78, 5) is 0. The molecule has 1 aromatic heterocycles. The van der Waals surface area contributed by atoms with Crippen molar-refractivity contribution in [3.63, 3.8) is 0 Å². The molecule has 1 heterocycles. The van der Waals surface area contributed by atoms with E-state index in [1.807, 2.05) is 0 Å². The molecule has 0 saturated carbocycles. The van der Waals surface area contributed by atoms with Crippen molar-refractivity contribution in [2.75, 3.05) is 0 Å². The third kappa shape index (κ3) is 1.91. The highest BCUT2D eigenvalue weighted by Crippen LogP contribution is 2.31. The molecule has 0 aliphatic carbocycles. The summed E-state index contributed by atoms with van der Waals surface area (Å²) in [5, 5.41) is 1.37. The lowest BCUT2D eigenvalue weighted by atomic mass is 10.0. The second kappa shape index (κ2) is 4.25. The van der Waals surface area contributed by atoms with Gasteiger partial charge in [-0.2, -0.15) is 0 Å². The van der Waals surface area contributed by atoms with Crippen LogP contribution in [-0.4, -0.2) is 4.57 Å². The molecule has 0 aliphatic rings. The molecule has 1 aromatic carbocycles. The van der Waals surface area contributed by atoms with E-state index in [4.69, 9.17) is 0 Å². The van der Waals surface area contributed by atoms with Gasteiger partial charge in [0.2, 0.25) is 0 Å². The predicted octanol–water partition coefficient (Wildman–Crippen LogP) is 5.11. The molecule has 86 valence electrons. The van der Waals surface area contributed by atoms with Crippen molar-refractivity contribution in [1.29, 1.82) is 0 Å². The molecule has 0 unspecified atom stereocenters. The highest BCUT2D eigenvalue weighted by molar-refractivity contribution is 9.10. The van der Waals surface area contributed by atoms with Crippen LogP contribution in [0.3, 0.4) is 0 Å². The van der Waals surface area contributed by atoms with Gasteiger partial charge in [0.25, 0.3) is 0 Å². The molecule has 0 spiro atoms. The highest BCUT2D eigenvalue weighted by Gasteiger charge is 2.12. The molecular weight excluding hydrogens is 262 g/mol. The second-order valence-electron chi connectivity index (χ2n) is 4.90. The van der Waals surface area contributed by atoms with Gasteiger partial charge in [-0.25, -0.2) is 0 Å². The molecule has 2 heteroatoms. The third-order valence-electron chi connectivity index (χ3n) is 3.00. The minimum atomic E-state index is 0.510. The Labute approximate surface area is 106 Å². The van der Waals surface area contributed by atoms with E-state index >= 15 is 0 Å². The molecule has 0 aliphatic heterocycles. The van der Waals surface area contributed by atoms with Crippen LogP contribution in [0.25, 0.3) is 10.9 Å². The first-order valence-corrected chi connectivity index (χ1v) is 6.60. The molecule has 16 heavy (non-hydrogen) atoms. The van der Waals surface area contributed by atoms with E-state index in [1.165, 1.54) is 16.5 Å². The summed E-state index contributed by atoms with van der Waals surface area (Å²) < 4.78 is 3.51. The summed E-state index contributed by atoms with van der Waals surface area (Å²) in [5.41, 5.74) is 2.77. The Morgan fingerprint density at radius 3 is 2.38 bits per heavy atom. The fourth-order valence-electron chi connectivity index (χ4n) is 2.14. The maximum absolute atomic E-state index is 3.55. The van der Waals surface area contributed by atoms with E-state index in [0.29, 0.717) is 12.0 Å². The van der Waals surface area contributed by atoms with E-state index in [2.05, 4.69) is 72.6 Å². The zero-order valence-electron chi connectivity index (χ0n) is 10.3. The van der Waals surface area contributed by atoms with E-state index in [-0.39, 0.29) is 0 Å². The van der Waals surface area contributed by atoms with Crippen molar-refractivity contribution >= 4 is 26.8 Å². The summed E-state index contributed by atoms with van der Waals surface area (Å²) >= 11 is 3.55. The number of hydrogen-bond donors (Lipinski definition) is 0. The molecule has 0 atom stereocenters. The summed E-state index contributed by atoms with van der Waals surface area (Å²) in [6, 6.07) is 7.05. The van der Waals surface area contributed by atoms with Crippen LogP contribution in [0.2, 0.25) is 0 Å². The summed E-state index contributed by atoms with van der Waals surface area (Å²) in [6.45, 7) is 8.96. The molecule has 0 saturated heterocycles. The average molecular weight is 280 g/mol. The number of halogens is 1. The fourth-order valence-corrected chi connectivity index (χ4v) is 2.50. The van der Waals surface area contributed by atoms with Gasteiger partial charge in [-0.05, 0) is 43.5 Å². The Hall–Kier alpha value is -0.760. The Balaban J connectivity index is 2.76. The molecule has 1 nitrogen and oxygen atoms in total. The van der Waals surface area contributed by atoms with Crippen LogP contribution in [0.1, 0.15) is 45.2 Å². The number of hydrogen-bond acceptors (Lipinski definition) is 0. The van der Waals surface area contributed by atoms with Crippen LogP contribution in [0, 0.1) is 0 Å². The van der Waals surface area contributed by atoms with E-state index in [1.54, 1.807) is 0 Å². The Morgan fingerprint density at radius 2 is 1.81 bits per heavy atom. The van der Waals surface area contributed by atoms with E-state index in [9.17, 15) is 0 Å². The Kier molecular flexibility index (Phi) is 3.11. The van der Waals surface area contributed by atoms with E-state index in [0.717, 1.165) is 4.47 Å². The third-order valence-corrected chi connectivity index (χ3v) is 3.50. The van der Waals surface area contributed by atoms with Crippen LogP contribution in [0.5, 0.6) is 0 Å².